The van der Waals surface area contributed by atoms with Crippen LogP contribution in [-0.4, -0.2) is 31.1 Å². The molecular formula is C12H16Cl2N2O. The highest BCUT2D eigenvalue weighted by Gasteiger charge is 2.20. The number of anilines is 1. The van der Waals surface area contributed by atoms with Gasteiger partial charge >= 0.3 is 0 Å². The van der Waals surface area contributed by atoms with E-state index in [2.05, 4.69) is 11.9 Å². The van der Waals surface area contributed by atoms with E-state index in [4.69, 9.17) is 33.7 Å². The summed E-state index contributed by atoms with van der Waals surface area (Å²) in [5.74, 6) is 0.553. The monoisotopic (exact) mass is 274 g/mol. The minimum absolute atomic E-state index is 0.185. The molecule has 0 saturated carbocycles. The lowest BCUT2D eigenvalue weighted by Gasteiger charge is -2.29. The molecule has 1 heterocycles. The number of nitrogens with two attached hydrogens (primary N) is 1. The first-order valence-corrected chi connectivity index (χ1v) is 6.41. The molecule has 0 bridgehead atoms. The lowest BCUT2D eigenvalue weighted by Crippen LogP contribution is -2.35. The topological polar surface area (TPSA) is 38.5 Å². The lowest BCUT2D eigenvalue weighted by atomic mass is 10.1. The number of benzene rings is 1. The largest absolute Gasteiger partial charge is 0.487 e. The van der Waals surface area contributed by atoms with Gasteiger partial charge in [-0.15, -0.1) is 0 Å². The van der Waals surface area contributed by atoms with Crippen molar-refractivity contribution in [3.05, 3.63) is 22.2 Å². The quantitative estimate of drug-likeness (QED) is 0.843. The number of ether oxygens (including phenoxy) is 1. The fourth-order valence-electron chi connectivity index (χ4n) is 1.96. The second kappa shape index (κ2) is 5.34. The summed E-state index contributed by atoms with van der Waals surface area (Å²) in [4.78, 5) is 2.28. The average Bonchev–Trinajstić information content (AvgIpc) is 2.26. The van der Waals surface area contributed by atoms with Crippen LogP contribution in [0.2, 0.25) is 10.0 Å². The van der Waals surface area contributed by atoms with Crippen LogP contribution in [0.1, 0.15) is 12.8 Å². The van der Waals surface area contributed by atoms with E-state index < -0.39 is 0 Å². The molecule has 17 heavy (non-hydrogen) atoms. The van der Waals surface area contributed by atoms with Gasteiger partial charge in [-0.05, 0) is 32.0 Å². The number of nitrogens with zero attached hydrogens (tertiary/aromatic N) is 1. The van der Waals surface area contributed by atoms with E-state index >= 15 is 0 Å². The van der Waals surface area contributed by atoms with Crippen LogP contribution < -0.4 is 10.5 Å². The third-order valence-electron chi connectivity index (χ3n) is 2.97. The minimum Gasteiger partial charge on any atom is -0.487 e. The van der Waals surface area contributed by atoms with Crippen molar-refractivity contribution in [2.45, 2.75) is 18.9 Å². The maximum Gasteiger partial charge on any atom is 0.157 e. The molecule has 1 fully saturated rings. The first kappa shape index (κ1) is 12.8. The average molecular weight is 275 g/mol. The number of hydrogen-bond acceptors (Lipinski definition) is 3. The number of nitrogen functional groups attached to an aromatic ring is 1. The normalized spacial score (nSPS) is 18.3. The van der Waals surface area contributed by atoms with Crippen LogP contribution in [0.4, 0.5) is 5.69 Å². The van der Waals surface area contributed by atoms with Crippen molar-refractivity contribution in [2.75, 3.05) is 25.9 Å². The van der Waals surface area contributed by atoms with Crippen molar-refractivity contribution in [2.24, 2.45) is 0 Å². The molecule has 1 aromatic rings. The van der Waals surface area contributed by atoms with Crippen molar-refractivity contribution in [1.82, 2.24) is 4.90 Å². The van der Waals surface area contributed by atoms with Gasteiger partial charge in [0.2, 0.25) is 0 Å². The van der Waals surface area contributed by atoms with E-state index in [0.29, 0.717) is 21.5 Å². The summed E-state index contributed by atoms with van der Waals surface area (Å²) < 4.78 is 5.87. The Labute approximate surface area is 111 Å². The lowest BCUT2D eigenvalue weighted by molar-refractivity contribution is 0.114. The molecule has 1 aliphatic heterocycles. The molecular weight excluding hydrogens is 259 g/mol. The Hall–Kier alpha value is -0.640. The molecule has 1 aromatic carbocycles. The Morgan fingerprint density at radius 3 is 2.29 bits per heavy atom. The molecule has 0 amide bonds. The molecule has 3 nitrogen and oxygen atoms in total. The number of halogens is 2. The minimum atomic E-state index is 0.185. The van der Waals surface area contributed by atoms with Crippen molar-refractivity contribution in [3.8, 4) is 5.75 Å². The number of hydrogen-bond donors (Lipinski definition) is 1. The first-order chi connectivity index (χ1) is 8.06. The SMILES string of the molecule is CN1CCC(Oc2c(Cl)cc(N)cc2Cl)CC1. The van der Waals surface area contributed by atoms with Crippen LogP contribution >= 0.6 is 23.2 Å². The molecule has 0 radical (unpaired) electrons. The zero-order valence-electron chi connectivity index (χ0n) is 9.75. The van der Waals surface area contributed by atoms with Gasteiger partial charge in [-0.3, -0.25) is 0 Å². The van der Waals surface area contributed by atoms with E-state index in [1.54, 1.807) is 12.1 Å². The summed E-state index contributed by atoms with van der Waals surface area (Å²) in [5.41, 5.74) is 6.20. The van der Waals surface area contributed by atoms with E-state index in [-0.39, 0.29) is 6.10 Å². The molecule has 0 atom stereocenters. The predicted octanol–water partition coefficient (Wildman–Crippen LogP) is 3.05. The van der Waals surface area contributed by atoms with E-state index in [0.717, 1.165) is 25.9 Å². The van der Waals surface area contributed by atoms with Crippen LogP contribution in [0.25, 0.3) is 0 Å². The second-order valence-corrected chi connectivity index (χ2v) is 5.25. The van der Waals surface area contributed by atoms with Gasteiger partial charge in [0.1, 0.15) is 6.10 Å². The molecule has 0 aromatic heterocycles. The Kier molecular flexibility index (Phi) is 4.02. The third-order valence-corrected chi connectivity index (χ3v) is 3.53. The molecule has 94 valence electrons. The van der Waals surface area contributed by atoms with Crippen LogP contribution in [0.15, 0.2) is 12.1 Å². The molecule has 5 heteroatoms. The fourth-order valence-corrected chi connectivity index (χ4v) is 2.55. The third kappa shape index (κ3) is 3.18. The van der Waals surface area contributed by atoms with Crippen molar-refractivity contribution in [3.63, 3.8) is 0 Å². The molecule has 1 saturated heterocycles. The molecule has 1 aliphatic rings. The summed E-state index contributed by atoms with van der Waals surface area (Å²) in [5, 5.41) is 0.961. The second-order valence-electron chi connectivity index (χ2n) is 4.43. The fraction of sp³-hybridized carbons (Fsp3) is 0.500. The maximum absolute atomic E-state index is 6.08. The van der Waals surface area contributed by atoms with Gasteiger partial charge in [-0.25, -0.2) is 0 Å². The van der Waals surface area contributed by atoms with Crippen molar-refractivity contribution in [1.29, 1.82) is 0 Å². The first-order valence-electron chi connectivity index (χ1n) is 5.66. The summed E-state index contributed by atoms with van der Waals surface area (Å²) >= 11 is 12.2. The highest BCUT2D eigenvalue weighted by atomic mass is 35.5. The number of likely N-dealkylation sites (tertiary alicyclic amines) is 1. The number of rotatable bonds is 2. The van der Waals surface area contributed by atoms with Gasteiger partial charge in [0.15, 0.2) is 5.75 Å². The van der Waals surface area contributed by atoms with Crippen LogP contribution in [0, 0.1) is 0 Å². The van der Waals surface area contributed by atoms with E-state index in [1.807, 2.05) is 0 Å². The molecule has 2 N–H and O–H groups in total. The van der Waals surface area contributed by atoms with Gasteiger partial charge in [-0.2, -0.15) is 0 Å². The Balaban J connectivity index is 2.08. The number of piperidine rings is 1. The Morgan fingerprint density at radius 1 is 1.24 bits per heavy atom. The van der Waals surface area contributed by atoms with Gasteiger partial charge in [0.25, 0.3) is 0 Å². The molecule has 0 unspecified atom stereocenters. The molecule has 0 aliphatic carbocycles. The Morgan fingerprint density at radius 2 is 1.76 bits per heavy atom. The summed E-state index contributed by atoms with van der Waals surface area (Å²) in [6, 6.07) is 3.33. The van der Waals surface area contributed by atoms with Crippen LogP contribution in [0.3, 0.4) is 0 Å². The summed E-state index contributed by atoms with van der Waals surface area (Å²) in [6.07, 6.45) is 2.17. The summed E-state index contributed by atoms with van der Waals surface area (Å²) in [6.45, 7) is 2.07. The van der Waals surface area contributed by atoms with Gasteiger partial charge in [0.05, 0.1) is 10.0 Å². The van der Waals surface area contributed by atoms with Gasteiger partial charge in [0, 0.05) is 18.8 Å². The smallest absolute Gasteiger partial charge is 0.157 e. The zero-order valence-corrected chi connectivity index (χ0v) is 11.3. The van der Waals surface area contributed by atoms with Gasteiger partial charge in [-0.1, -0.05) is 23.2 Å². The standard InChI is InChI=1S/C12H16Cl2N2O/c1-16-4-2-9(3-5-16)17-12-10(13)6-8(15)7-11(12)14/h6-7,9H,2-5,15H2,1H3. The summed E-state index contributed by atoms with van der Waals surface area (Å²) in [7, 11) is 2.11. The van der Waals surface area contributed by atoms with Crippen molar-refractivity contribution >= 4 is 28.9 Å². The van der Waals surface area contributed by atoms with Crippen LogP contribution in [-0.2, 0) is 0 Å². The van der Waals surface area contributed by atoms with Crippen LogP contribution in [0.5, 0.6) is 5.75 Å². The Bertz CT molecular complexity index is 380. The molecule has 2 rings (SSSR count). The zero-order chi connectivity index (χ0) is 12.4. The van der Waals surface area contributed by atoms with E-state index in [9.17, 15) is 0 Å². The highest BCUT2D eigenvalue weighted by molar-refractivity contribution is 6.37. The van der Waals surface area contributed by atoms with Gasteiger partial charge < -0.3 is 15.4 Å². The molecule has 0 spiro atoms. The van der Waals surface area contributed by atoms with Crippen molar-refractivity contribution < 1.29 is 4.74 Å². The van der Waals surface area contributed by atoms with E-state index in [1.165, 1.54) is 0 Å². The predicted molar refractivity (Wildman–Crippen MR) is 72.0 cm³/mol. The maximum atomic E-state index is 6.08. The highest BCUT2D eigenvalue weighted by Crippen LogP contribution is 2.36.